The molecule has 0 spiro atoms. The summed E-state index contributed by atoms with van der Waals surface area (Å²) < 4.78 is 4.89. The number of carbonyl (C=O) groups is 1. The minimum atomic E-state index is -0.291. The van der Waals surface area contributed by atoms with E-state index >= 15 is 0 Å². The molecule has 0 bridgehead atoms. The molecule has 1 N–H and O–H groups in total. The van der Waals surface area contributed by atoms with Gasteiger partial charge in [-0.1, -0.05) is 6.07 Å². The number of nitrogens with one attached hydrogen (secondary N) is 1. The summed E-state index contributed by atoms with van der Waals surface area (Å²) in [6.07, 6.45) is 1.81. The molecule has 0 aliphatic heterocycles. The van der Waals surface area contributed by atoms with Gasteiger partial charge in [0.05, 0.1) is 6.61 Å². The number of rotatable bonds is 5. The van der Waals surface area contributed by atoms with Crippen LogP contribution in [-0.2, 0) is 16.1 Å². The highest BCUT2D eigenvalue weighted by Gasteiger charge is 2.12. The summed E-state index contributed by atoms with van der Waals surface area (Å²) in [5, 5.41) is 3.09. The molecule has 4 nitrogen and oxygen atoms in total. The van der Waals surface area contributed by atoms with Gasteiger partial charge in [-0.05, 0) is 32.4 Å². The Hall–Kier alpha value is -1.42. The molecule has 0 saturated carbocycles. The van der Waals surface area contributed by atoms with E-state index in [0.717, 1.165) is 11.3 Å². The smallest absolute Gasteiger partial charge is 0.322 e. The largest absolute Gasteiger partial charge is 0.465 e. The minimum absolute atomic E-state index is 0.220. The summed E-state index contributed by atoms with van der Waals surface area (Å²) in [7, 11) is 0. The number of hydrogen-bond acceptors (Lipinski definition) is 4. The van der Waals surface area contributed by atoms with Crippen LogP contribution in [0.3, 0.4) is 0 Å². The third kappa shape index (κ3) is 3.98. The third-order valence-corrected chi connectivity index (χ3v) is 2.23. The van der Waals surface area contributed by atoms with E-state index in [-0.39, 0.29) is 12.0 Å². The van der Waals surface area contributed by atoms with Gasteiger partial charge in [-0.2, -0.15) is 0 Å². The van der Waals surface area contributed by atoms with Crippen molar-refractivity contribution in [3.63, 3.8) is 0 Å². The standard InChI is InChI=1S/C12H18N2O2/c1-4-16-12(15)10(3)14-8-11-6-5-9(2)13-7-11/h5-7,10,14H,4,8H2,1-3H3. The maximum atomic E-state index is 11.3. The summed E-state index contributed by atoms with van der Waals surface area (Å²) in [5.41, 5.74) is 2.05. The Morgan fingerprint density at radius 3 is 2.88 bits per heavy atom. The van der Waals surface area contributed by atoms with Crippen LogP contribution in [0, 0.1) is 6.92 Å². The van der Waals surface area contributed by atoms with Crippen LogP contribution in [-0.4, -0.2) is 23.6 Å². The number of aryl methyl sites for hydroxylation is 1. The van der Waals surface area contributed by atoms with E-state index in [1.165, 1.54) is 0 Å². The van der Waals surface area contributed by atoms with Gasteiger partial charge in [-0.25, -0.2) is 0 Å². The van der Waals surface area contributed by atoms with E-state index in [1.807, 2.05) is 19.1 Å². The fourth-order valence-electron chi connectivity index (χ4n) is 1.22. The van der Waals surface area contributed by atoms with Crippen molar-refractivity contribution in [2.24, 2.45) is 0 Å². The molecule has 0 aliphatic rings. The molecule has 1 atom stereocenters. The molecule has 1 aromatic rings. The lowest BCUT2D eigenvalue weighted by molar-refractivity contribution is -0.145. The maximum Gasteiger partial charge on any atom is 0.322 e. The summed E-state index contributed by atoms with van der Waals surface area (Å²) in [6, 6.07) is 3.65. The maximum absolute atomic E-state index is 11.3. The van der Waals surface area contributed by atoms with Crippen molar-refractivity contribution >= 4 is 5.97 Å². The SMILES string of the molecule is CCOC(=O)C(C)NCc1ccc(C)nc1. The first-order valence-electron chi connectivity index (χ1n) is 5.45. The van der Waals surface area contributed by atoms with Crippen molar-refractivity contribution in [2.45, 2.75) is 33.4 Å². The van der Waals surface area contributed by atoms with Gasteiger partial charge in [-0.3, -0.25) is 9.78 Å². The molecule has 1 aromatic heterocycles. The first kappa shape index (κ1) is 12.6. The molecule has 0 aliphatic carbocycles. The molecule has 0 radical (unpaired) electrons. The van der Waals surface area contributed by atoms with Crippen LogP contribution in [0.2, 0.25) is 0 Å². The Bertz CT molecular complexity index is 335. The van der Waals surface area contributed by atoms with Gasteiger partial charge in [0.1, 0.15) is 6.04 Å². The lowest BCUT2D eigenvalue weighted by Crippen LogP contribution is -2.34. The minimum Gasteiger partial charge on any atom is -0.465 e. The zero-order chi connectivity index (χ0) is 12.0. The first-order chi connectivity index (χ1) is 7.63. The van der Waals surface area contributed by atoms with E-state index in [1.54, 1.807) is 20.0 Å². The average molecular weight is 222 g/mol. The second-order valence-corrected chi connectivity index (χ2v) is 3.66. The van der Waals surface area contributed by atoms with Crippen molar-refractivity contribution in [3.05, 3.63) is 29.6 Å². The molecule has 0 fully saturated rings. The Balaban J connectivity index is 2.39. The summed E-state index contributed by atoms with van der Waals surface area (Å²) in [4.78, 5) is 15.5. The topological polar surface area (TPSA) is 51.2 Å². The van der Waals surface area contributed by atoms with E-state index < -0.39 is 0 Å². The Kier molecular flexibility index (Phi) is 4.92. The third-order valence-electron chi connectivity index (χ3n) is 2.23. The lowest BCUT2D eigenvalue weighted by Gasteiger charge is -2.12. The number of carbonyl (C=O) groups excluding carboxylic acids is 1. The van der Waals surface area contributed by atoms with Crippen molar-refractivity contribution < 1.29 is 9.53 Å². The summed E-state index contributed by atoms with van der Waals surface area (Å²) >= 11 is 0. The van der Waals surface area contributed by atoms with Crippen molar-refractivity contribution in [1.29, 1.82) is 0 Å². The Labute approximate surface area is 96.0 Å². The van der Waals surface area contributed by atoms with Gasteiger partial charge >= 0.3 is 5.97 Å². The van der Waals surface area contributed by atoms with Crippen molar-refractivity contribution in [3.8, 4) is 0 Å². The molecule has 1 rings (SSSR count). The second-order valence-electron chi connectivity index (χ2n) is 3.66. The van der Waals surface area contributed by atoms with Gasteiger partial charge in [0.2, 0.25) is 0 Å². The first-order valence-corrected chi connectivity index (χ1v) is 5.45. The highest BCUT2D eigenvalue weighted by Crippen LogP contribution is 1.99. The van der Waals surface area contributed by atoms with E-state index in [4.69, 9.17) is 4.74 Å². The monoisotopic (exact) mass is 222 g/mol. The Morgan fingerprint density at radius 2 is 2.31 bits per heavy atom. The van der Waals surface area contributed by atoms with Crippen molar-refractivity contribution in [2.75, 3.05) is 6.61 Å². The number of nitrogens with zero attached hydrogens (tertiary/aromatic N) is 1. The molecular weight excluding hydrogens is 204 g/mol. The average Bonchev–Trinajstić information content (AvgIpc) is 2.28. The normalized spacial score (nSPS) is 12.2. The Morgan fingerprint density at radius 1 is 1.56 bits per heavy atom. The van der Waals surface area contributed by atoms with Crippen LogP contribution in [0.5, 0.6) is 0 Å². The van der Waals surface area contributed by atoms with E-state index in [9.17, 15) is 4.79 Å². The molecule has 4 heteroatoms. The van der Waals surface area contributed by atoms with Crippen LogP contribution >= 0.6 is 0 Å². The number of pyridine rings is 1. The quantitative estimate of drug-likeness (QED) is 0.766. The van der Waals surface area contributed by atoms with E-state index in [0.29, 0.717) is 13.2 Å². The fourth-order valence-corrected chi connectivity index (χ4v) is 1.22. The molecule has 0 amide bonds. The highest BCUT2D eigenvalue weighted by atomic mass is 16.5. The summed E-state index contributed by atoms with van der Waals surface area (Å²) in [5.74, 6) is -0.220. The zero-order valence-corrected chi connectivity index (χ0v) is 9.99. The van der Waals surface area contributed by atoms with Crippen LogP contribution in [0.4, 0.5) is 0 Å². The zero-order valence-electron chi connectivity index (χ0n) is 9.99. The van der Waals surface area contributed by atoms with Gasteiger partial charge in [0, 0.05) is 18.4 Å². The summed E-state index contributed by atoms with van der Waals surface area (Å²) in [6.45, 7) is 6.57. The number of ether oxygens (including phenoxy) is 1. The molecule has 1 unspecified atom stereocenters. The van der Waals surface area contributed by atoms with Crippen LogP contribution in [0.1, 0.15) is 25.1 Å². The predicted molar refractivity (Wildman–Crippen MR) is 61.9 cm³/mol. The van der Waals surface area contributed by atoms with E-state index in [2.05, 4.69) is 10.3 Å². The van der Waals surface area contributed by atoms with Crippen LogP contribution in [0.15, 0.2) is 18.3 Å². The molecule has 88 valence electrons. The lowest BCUT2D eigenvalue weighted by atomic mass is 10.2. The molecule has 16 heavy (non-hydrogen) atoms. The molecule has 1 heterocycles. The number of esters is 1. The predicted octanol–water partition coefficient (Wildman–Crippen LogP) is 1.43. The highest BCUT2D eigenvalue weighted by molar-refractivity contribution is 5.75. The molecule has 0 aromatic carbocycles. The number of hydrogen-bond donors (Lipinski definition) is 1. The molecule has 0 saturated heterocycles. The van der Waals surface area contributed by atoms with Crippen LogP contribution in [0.25, 0.3) is 0 Å². The van der Waals surface area contributed by atoms with Gasteiger partial charge in [0.15, 0.2) is 0 Å². The van der Waals surface area contributed by atoms with Gasteiger partial charge in [-0.15, -0.1) is 0 Å². The fraction of sp³-hybridized carbons (Fsp3) is 0.500. The van der Waals surface area contributed by atoms with Gasteiger partial charge in [0.25, 0.3) is 0 Å². The van der Waals surface area contributed by atoms with Crippen molar-refractivity contribution in [1.82, 2.24) is 10.3 Å². The number of aromatic nitrogens is 1. The second kappa shape index (κ2) is 6.23. The van der Waals surface area contributed by atoms with Gasteiger partial charge < -0.3 is 10.1 Å². The molecular formula is C12H18N2O2. The van der Waals surface area contributed by atoms with Crippen LogP contribution < -0.4 is 5.32 Å².